The van der Waals surface area contributed by atoms with Gasteiger partial charge in [-0.25, -0.2) is 9.78 Å². The number of hydrogen-bond acceptors (Lipinski definition) is 5. The van der Waals surface area contributed by atoms with E-state index in [0.29, 0.717) is 16.7 Å². The number of nitrogens with zero attached hydrogens (tertiary/aromatic N) is 2. The number of carbonyl (C=O) groups is 1. The van der Waals surface area contributed by atoms with Crippen molar-refractivity contribution in [3.05, 3.63) is 17.8 Å². The van der Waals surface area contributed by atoms with Gasteiger partial charge in [0.1, 0.15) is 5.82 Å². The van der Waals surface area contributed by atoms with Gasteiger partial charge in [-0.2, -0.15) is 0 Å². The summed E-state index contributed by atoms with van der Waals surface area (Å²) in [7, 11) is 1.36. The highest BCUT2D eigenvalue weighted by Gasteiger charge is 2.24. The number of nitrogens with two attached hydrogens (primary N) is 1. The van der Waals surface area contributed by atoms with Crippen molar-refractivity contribution in [2.24, 2.45) is 5.41 Å². The molecule has 0 radical (unpaired) electrons. The molecule has 20 heavy (non-hydrogen) atoms. The molecule has 5 nitrogen and oxygen atoms in total. The van der Waals surface area contributed by atoms with Gasteiger partial charge in [-0.3, -0.25) is 0 Å². The zero-order valence-electron chi connectivity index (χ0n) is 12.5. The minimum atomic E-state index is -0.415. The molecule has 2 heterocycles. The quantitative estimate of drug-likeness (QED) is 0.841. The summed E-state index contributed by atoms with van der Waals surface area (Å²) in [5.74, 6) is 0.388. The Morgan fingerprint density at radius 3 is 2.85 bits per heavy atom. The third kappa shape index (κ3) is 3.21. The Labute approximate surface area is 120 Å². The van der Waals surface area contributed by atoms with Crippen molar-refractivity contribution in [2.45, 2.75) is 33.1 Å². The van der Waals surface area contributed by atoms with Crippen molar-refractivity contribution < 1.29 is 9.53 Å². The minimum absolute atomic E-state index is 0.357. The highest BCUT2D eigenvalue weighted by Crippen LogP contribution is 2.31. The van der Waals surface area contributed by atoms with Crippen LogP contribution in [0.5, 0.6) is 0 Å². The van der Waals surface area contributed by atoms with E-state index in [0.717, 1.165) is 31.7 Å². The predicted octanol–water partition coefficient (Wildman–Crippen LogP) is 2.47. The predicted molar refractivity (Wildman–Crippen MR) is 79.8 cm³/mol. The van der Waals surface area contributed by atoms with Crippen molar-refractivity contribution in [1.82, 2.24) is 4.98 Å². The van der Waals surface area contributed by atoms with Gasteiger partial charge in [-0.15, -0.1) is 0 Å². The van der Waals surface area contributed by atoms with Crippen molar-refractivity contribution >= 4 is 17.5 Å². The Kier molecular flexibility index (Phi) is 4.16. The van der Waals surface area contributed by atoms with E-state index in [1.807, 2.05) is 0 Å². The van der Waals surface area contributed by atoms with Crippen LogP contribution in [-0.4, -0.2) is 31.2 Å². The number of ether oxygens (including phenoxy) is 1. The van der Waals surface area contributed by atoms with E-state index in [1.165, 1.54) is 19.7 Å². The number of anilines is 2. The van der Waals surface area contributed by atoms with Gasteiger partial charge in [0.15, 0.2) is 0 Å². The SMILES string of the molecule is COC(=O)c1cc(N2CCCC(C)(C)CC2)ncc1N. The summed E-state index contributed by atoms with van der Waals surface area (Å²) in [6, 6.07) is 1.74. The molecule has 0 amide bonds. The van der Waals surface area contributed by atoms with Gasteiger partial charge in [-0.05, 0) is 30.7 Å². The van der Waals surface area contributed by atoms with Crippen molar-refractivity contribution in [1.29, 1.82) is 0 Å². The number of aromatic nitrogens is 1. The number of pyridine rings is 1. The molecule has 2 N–H and O–H groups in total. The van der Waals surface area contributed by atoms with Gasteiger partial charge in [-0.1, -0.05) is 13.8 Å². The summed E-state index contributed by atoms with van der Waals surface area (Å²) >= 11 is 0. The lowest BCUT2D eigenvalue weighted by atomic mass is 9.85. The lowest BCUT2D eigenvalue weighted by Gasteiger charge is -2.24. The molecule has 1 aliphatic rings. The minimum Gasteiger partial charge on any atom is -0.465 e. The van der Waals surface area contributed by atoms with Crippen LogP contribution in [-0.2, 0) is 4.74 Å². The average molecular weight is 277 g/mol. The molecule has 0 bridgehead atoms. The Hall–Kier alpha value is -1.78. The maximum Gasteiger partial charge on any atom is 0.340 e. The first-order valence-corrected chi connectivity index (χ1v) is 7.02. The molecule has 0 unspecified atom stereocenters. The zero-order valence-corrected chi connectivity index (χ0v) is 12.5. The van der Waals surface area contributed by atoms with Crippen LogP contribution in [0.1, 0.15) is 43.5 Å². The first kappa shape index (κ1) is 14.6. The van der Waals surface area contributed by atoms with E-state index in [-0.39, 0.29) is 0 Å². The van der Waals surface area contributed by atoms with Crippen molar-refractivity contribution in [2.75, 3.05) is 30.8 Å². The lowest BCUT2D eigenvalue weighted by molar-refractivity contribution is 0.0602. The third-order valence-electron chi connectivity index (χ3n) is 3.99. The normalized spacial score (nSPS) is 18.4. The van der Waals surface area contributed by atoms with E-state index < -0.39 is 5.97 Å². The number of hydrogen-bond donors (Lipinski definition) is 1. The summed E-state index contributed by atoms with van der Waals surface area (Å²) in [4.78, 5) is 18.3. The van der Waals surface area contributed by atoms with Crippen LogP contribution in [0, 0.1) is 5.41 Å². The lowest BCUT2D eigenvalue weighted by Crippen LogP contribution is -2.26. The van der Waals surface area contributed by atoms with Crippen LogP contribution in [0.2, 0.25) is 0 Å². The van der Waals surface area contributed by atoms with Crippen LogP contribution in [0.15, 0.2) is 12.3 Å². The van der Waals surface area contributed by atoms with Crippen LogP contribution < -0.4 is 10.6 Å². The fraction of sp³-hybridized carbons (Fsp3) is 0.600. The first-order valence-electron chi connectivity index (χ1n) is 7.02. The molecule has 5 heteroatoms. The molecule has 2 rings (SSSR count). The second-order valence-corrected chi connectivity index (χ2v) is 6.13. The van der Waals surface area contributed by atoms with E-state index in [9.17, 15) is 4.79 Å². The summed E-state index contributed by atoms with van der Waals surface area (Å²) in [5.41, 5.74) is 6.90. The molecule has 1 aromatic rings. The van der Waals surface area contributed by atoms with Crippen LogP contribution in [0.3, 0.4) is 0 Å². The number of nitrogen functional groups attached to an aromatic ring is 1. The molecule has 0 aliphatic carbocycles. The van der Waals surface area contributed by atoms with Crippen molar-refractivity contribution in [3.8, 4) is 0 Å². The maximum absolute atomic E-state index is 11.7. The Morgan fingerprint density at radius 2 is 2.15 bits per heavy atom. The second-order valence-electron chi connectivity index (χ2n) is 6.13. The maximum atomic E-state index is 11.7. The molecular formula is C15H23N3O2. The number of carbonyl (C=O) groups excluding carboxylic acids is 1. The number of esters is 1. The fourth-order valence-electron chi connectivity index (χ4n) is 2.57. The van der Waals surface area contributed by atoms with Gasteiger partial charge in [0.05, 0.1) is 24.6 Å². The van der Waals surface area contributed by atoms with Gasteiger partial charge in [0, 0.05) is 13.1 Å². The molecule has 1 aromatic heterocycles. The molecule has 0 aromatic carbocycles. The molecular weight excluding hydrogens is 254 g/mol. The Morgan fingerprint density at radius 1 is 1.40 bits per heavy atom. The molecule has 0 atom stereocenters. The van der Waals surface area contributed by atoms with E-state index in [4.69, 9.17) is 10.5 Å². The number of methoxy groups -OCH3 is 1. The molecule has 0 spiro atoms. The third-order valence-corrected chi connectivity index (χ3v) is 3.99. The zero-order chi connectivity index (χ0) is 14.8. The highest BCUT2D eigenvalue weighted by molar-refractivity contribution is 5.95. The summed E-state index contributed by atoms with van der Waals surface area (Å²) in [6.45, 7) is 6.51. The first-order chi connectivity index (χ1) is 9.43. The van der Waals surface area contributed by atoms with Crippen molar-refractivity contribution in [3.63, 3.8) is 0 Å². The smallest absolute Gasteiger partial charge is 0.340 e. The van der Waals surface area contributed by atoms with Gasteiger partial charge in [0.25, 0.3) is 0 Å². The highest BCUT2D eigenvalue weighted by atomic mass is 16.5. The summed E-state index contributed by atoms with van der Waals surface area (Å²) < 4.78 is 4.75. The Bertz CT molecular complexity index is 500. The summed E-state index contributed by atoms with van der Waals surface area (Å²) in [6.07, 6.45) is 5.00. The number of rotatable bonds is 2. The molecule has 110 valence electrons. The van der Waals surface area contributed by atoms with E-state index >= 15 is 0 Å². The Balaban J connectivity index is 2.22. The fourth-order valence-corrected chi connectivity index (χ4v) is 2.57. The van der Waals surface area contributed by atoms with Gasteiger partial charge in [0.2, 0.25) is 0 Å². The monoisotopic (exact) mass is 277 g/mol. The average Bonchev–Trinajstić information content (AvgIpc) is 2.59. The molecule has 1 fully saturated rings. The van der Waals surface area contributed by atoms with Gasteiger partial charge >= 0.3 is 5.97 Å². The largest absolute Gasteiger partial charge is 0.465 e. The van der Waals surface area contributed by atoms with Crippen LogP contribution >= 0.6 is 0 Å². The molecule has 0 saturated carbocycles. The molecule has 1 saturated heterocycles. The van der Waals surface area contributed by atoms with E-state index in [2.05, 4.69) is 23.7 Å². The van der Waals surface area contributed by atoms with Crippen LogP contribution in [0.4, 0.5) is 11.5 Å². The van der Waals surface area contributed by atoms with E-state index in [1.54, 1.807) is 6.07 Å². The standard InChI is InChI=1S/C15H23N3O2/c1-15(2)5-4-7-18(8-6-15)13-9-11(14(19)20-3)12(16)10-17-13/h9-10H,4-8,16H2,1-3H3. The van der Waals surface area contributed by atoms with Gasteiger partial charge < -0.3 is 15.4 Å². The molecule has 1 aliphatic heterocycles. The summed E-state index contributed by atoms with van der Waals surface area (Å²) in [5, 5.41) is 0. The van der Waals surface area contributed by atoms with Crippen LogP contribution in [0.25, 0.3) is 0 Å². The second kappa shape index (κ2) is 5.69. The topological polar surface area (TPSA) is 68.5 Å².